The zero-order valence-electron chi connectivity index (χ0n) is 8.42. The number of hydrogen-bond donors (Lipinski definition) is 2. The maximum Gasteiger partial charge on any atom is 0.304 e. The predicted molar refractivity (Wildman–Crippen MR) is 59.9 cm³/mol. The Morgan fingerprint density at radius 3 is 2.88 bits per heavy atom. The molecule has 8 heteroatoms. The van der Waals surface area contributed by atoms with E-state index in [0.717, 1.165) is 5.69 Å². The van der Waals surface area contributed by atoms with Crippen LogP contribution in [0.5, 0.6) is 0 Å². The van der Waals surface area contributed by atoms with Gasteiger partial charge in [0.1, 0.15) is 0 Å². The lowest BCUT2D eigenvalue weighted by molar-refractivity contribution is -0.136. The Balaban J connectivity index is 2.28. The number of nitrogens with one attached hydrogen (secondary N) is 1. The van der Waals surface area contributed by atoms with Gasteiger partial charge in [-0.2, -0.15) is 0 Å². The van der Waals surface area contributed by atoms with Gasteiger partial charge >= 0.3 is 5.97 Å². The lowest BCUT2D eigenvalue weighted by atomic mass is 10.3. The standard InChI is InChI=1S/C8H12N2O4S2/c11-8(12)2-4-16(13,14)10-3-1-7-5-15-6-9-7/h5-6,10H,1-4H2,(H,11,12). The van der Waals surface area contributed by atoms with Crippen LogP contribution in [0.1, 0.15) is 12.1 Å². The van der Waals surface area contributed by atoms with Gasteiger partial charge in [0.05, 0.1) is 23.4 Å². The first-order valence-electron chi connectivity index (χ1n) is 4.56. The smallest absolute Gasteiger partial charge is 0.304 e. The third-order valence-electron chi connectivity index (χ3n) is 1.77. The van der Waals surface area contributed by atoms with Gasteiger partial charge in [0.15, 0.2) is 0 Å². The van der Waals surface area contributed by atoms with Crippen molar-refractivity contribution in [1.82, 2.24) is 9.71 Å². The van der Waals surface area contributed by atoms with Crippen LogP contribution in [-0.4, -0.2) is 36.8 Å². The SMILES string of the molecule is O=C(O)CCS(=O)(=O)NCCc1cscn1. The first-order valence-corrected chi connectivity index (χ1v) is 7.15. The monoisotopic (exact) mass is 264 g/mol. The predicted octanol–water partition coefficient (Wildman–Crippen LogP) is 0.0797. The number of carbonyl (C=O) groups is 1. The number of hydrogen-bond acceptors (Lipinski definition) is 5. The molecule has 0 saturated carbocycles. The van der Waals surface area contributed by atoms with Gasteiger partial charge in [0, 0.05) is 18.3 Å². The number of rotatable bonds is 7. The van der Waals surface area contributed by atoms with E-state index in [4.69, 9.17) is 5.11 Å². The Morgan fingerprint density at radius 1 is 1.56 bits per heavy atom. The van der Waals surface area contributed by atoms with E-state index in [0.29, 0.717) is 6.42 Å². The van der Waals surface area contributed by atoms with Crippen molar-refractivity contribution >= 4 is 27.3 Å². The highest BCUT2D eigenvalue weighted by Crippen LogP contribution is 2.01. The number of carboxylic acids is 1. The number of nitrogens with zero attached hydrogens (tertiary/aromatic N) is 1. The van der Waals surface area contributed by atoms with Crippen LogP contribution in [0.4, 0.5) is 0 Å². The van der Waals surface area contributed by atoms with E-state index in [-0.39, 0.29) is 18.7 Å². The summed E-state index contributed by atoms with van der Waals surface area (Å²) in [5.41, 5.74) is 2.50. The molecule has 90 valence electrons. The van der Waals surface area contributed by atoms with Crippen molar-refractivity contribution < 1.29 is 18.3 Å². The molecule has 0 amide bonds. The molecule has 0 aromatic carbocycles. The molecule has 0 spiro atoms. The molecular weight excluding hydrogens is 252 g/mol. The summed E-state index contributed by atoms with van der Waals surface area (Å²) in [6, 6.07) is 0. The second kappa shape index (κ2) is 5.92. The fourth-order valence-electron chi connectivity index (χ4n) is 0.989. The minimum absolute atomic E-state index is 0.242. The summed E-state index contributed by atoms with van der Waals surface area (Å²) in [5, 5.41) is 10.2. The molecule has 0 atom stereocenters. The molecule has 16 heavy (non-hydrogen) atoms. The van der Waals surface area contributed by atoms with Crippen LogP contribution in [0.15, 0.2) is 10.9 Å². The van der Waals surface area contributed by atoms with Gasteiger partial charge in [-0.15, -0.1) is 11.3 Å². The van der Waals surface area contributed by atoms with Gasteiger partial charge in [0.25, 0.3) is 0 Å². The molecule has 0 aliphatic rings. The van der Waals surface area contributed by atoms with Crippen LogP contribution >= 0.6 is 11.3 Å². The number of aromatic nitrogens is 1. The molecule has 6 nitrogen and oxygen atoms in total. The Hall–Kier alpha value is -0.990. The molecule has 1 heterocycles. The third-order valence-corrected chi connectivity index (χ3v) is 3.79. The van der Waals surface area contributed by atoms with Crippen molar-refractivity contribution in [2.75, 3.05) is 12.3 Å². The normalized spacial score (nSPS) is 11.5. The highest BCUT2D eigenvalue weighted by atomic mass is 32.2. The number of aliphatic carboxylic acids is 1. The van der Waals surface area contributed by atoms with Crippen LogP contribution < -0.4 is 4.72 Å². The van der Waals surface area contributed by atoms with E-state index < -0.39 is 16.0 Å². The van der Waals surface area contributed by atoms with E-state index in [1.165, 1.54) is 11.3 Å². The maximum atomic E-state index is 11.3. The zero-order chi connectivity index (χ0) is 12.0. The summed E-state index contributed by atoms with van der Waals surface area (Å²) in [5.74, 6) is -1.51. The molecule has 1 rings (SSSR count). The molecule has 0 aliphatic carbocycles. The van der Waals surface area contributed by atoms with Gasteiger partial charge in [-0.25, -0.2) is 18.1 Å². The van der Waals surface area contributed by atoms with Gasteiger partial charge < -0.3 is 5.11 Å². The Kier molecular flexibility index (Phi) is 4.84. The number of thiazole rings is 1. The first kappa shape index (κ1) is 13.1. The van der Waals surface area contributed by atoms with Crippen molar-refractivity contribution in [1.29, 1.82) is 0 Å². The van der Waals surface area contributed by atoms with Crippen molar-refractivity contribution in [3.63, 3.8) is 0 Å². The highest BCUT2D eigenvalue weighted by molar-refractivity contribution is 7.89. The summed E-state index contributed by atoms with van der Waals surface area (Å²) in [6.45, 7) is 0.242. The largest absolute Gasteiger partial charge is 0.481 e. The van der Waals surface area contributed by atoms with Gasteiger partial charge in [-0.1, -0.05) is 0 Å². The second-order valence-corrected chi connectivity index (χ2v) is 5.73. The van der Waals surface area contributed by atoms with Gasteiger partial charge in [0.2, 0.25) is 10.0 Å². The Bertz CT molecular complexity index is 427. The molecular formula is C8H12N2O4S2. The summed E-state index contributed by atoms with van der Waals surface area (Å²) in [4.78, 5) is 14.2. The van der Waals surface area contributed by atoms with E-state index in [1.807, 2.05) is 5.38 Å². The average molecular weight is 264 g/mol. The van der Waals surface area contributed by atoms with E-state index in [9.17, 15) is 13.2 Å². The molecule has 1 aromatic heterocycles. The molecule has 0 aliphatic heterocycles. The maximum absolute atomic E-state index is 11.3. The van der Waals surface area contributed by atoms with E-state index >= 15 is 0 Å². The van der Waals surface area contributed by atoms with Gasteiger partial charge in [-0.05, 0) is 0 Å². The van der Waals surface area contributed by atoms with E-state index in [2.05, 4.69) is 9.71 Å². The van der Waals surface area contributed by atoms with Gasteiger partial charge in [-0.3, -0.25) is 4.79 Å². The minimum Gasteiger partial charge on any atom is -0.481 e. The quantitative estimate of drug-likeness (QED) is 0.727. The molecule has 0 saturated heterocycles. The van der Waals surface area contributed by atoms with Crippen LogP contribution in [0, 0.1) is 0 Å². The molecule has 0 fully saturated rings. The molecule has 1 aromatic rings. The topological polar surface area (TPSA) is 96.4 Å². The van der Waals surface area contributed by atoms with Crippen LogP contribution in [0.3, 0.4) is 0 Å². The first-order chi connectivity index (χ1) is 7.49. The summed E-state index contributed by atoms with van der Waals surface area (Å²) < 4.78 is 24.9. The van der Waals surface area contributed by atoms with Crippen molar-refractivity contribution in [2.45, 2.75) is 12.8 Å². The Morgan fingerprint density at radius 2 is 2.31 bits per heavy atom. The van der Waals surface area contributed by atoms with Crippen molar-refractivity contribution in [2.24, 2.45) is 0 Å². The van der Waals surface area contributed by atoms with Crippen molar-refractivity contribution in [3.05, 3.63) is 16.6 Å². The van der Waals surface area contributed by atoms with Crippen LogP contribution in [0.2, 0.25) is 0 Å². The minimum atomic E-state index is -3.49. The van der Waals surface area contributed by atoms with Crippen LogP contribution in [-0.2, 0) is 21.2 Å². The summed E-state index contributed by atoms with van der Waals surface area (Å²) in [6.07, 6.45) is 0.127. The number of sulfonamides is 1. The molecule has 0 radical (unpaired) electrons. The fraction of sp³-hybridized carbons (Fsp3) is 0.500. The molecule has 2 N–H and O–H groups in total. The lowest BCUT2D eigenvalue weighted by Crippen LogP contribution is -2.29. The lowest BCUT2D eigenvalue weighted by Gasteiger charge is -2.03. The highest BCUT2D eigenvalue weighted by Gasteiger charge is 2.11. The Labute approximate surface area is 97.4 Å². The fourth-order valence-corrected chi connectivity index (χ4v) is 2.58. The zero-order valence-corrected chi connectivity index (χ0v) is 10.1. The molecule has 0 unspecified atom stereocenters. The average Bonchev–Trinajstić information content (AvgIpc) is 2.68. The summed E-state index contributed by atoms with van der Waals surface area (Å²) >= 11 is 1.45. The number of carboxylic acid groups (broad SMARTS) is 1. The molecule has 0 bridgehead atoms. The third kappa shape index (κ3) is 5.19. The van der Waals surface area contributed by atoms with Crippen molar-refractivity contribution in [3.8, 4) is 0 Å². The van der Waals surface area contributed by atoms with Crippen LogP contribution in [0.25, 0.3) is 0 Å². The van der Waals surface area contributed by atoms with E-state index in [1.54, 1.807) is 5.51 Å². The second-order valence-electron chi connectivity index (χ2n) is 3.09. The summed E-state index contributed by atoms with van der Waals surface area (Å²) in [7, 11) is -3.49.